The normalized spacial score (nSPS) is 11.1. The van der Waals surface area contributed by atoms with Crippen LogP contribution >= 0.6 is 0 Å². The van der Waals surface area contributed by atoms with Gasteiger partial charge in [-0.25, -0.2) is 0 Å². The quantitative estimate of drug-likeness (QED) is 0.199. The molecule has 0 saturated carbocycles. The van der Waals surface area contributed by atoms with Gasteiger partial charge in [-0.15, -0.1) is 10.2 Å². The predicted molar refractivity (Wildman–Crippen MR) is 134 cm³/mol. The highest BCUT2D eigenvalue weighted by molar-refractivity contribution is 5.91. The Morgan fingerprint density at radius 3 is 1.81 bits per heavy atom. The molecule has 0 aliphatic carbocycles. The van der Waals surface area contributed by atoms with E-state index in [2.05, 4.69) is 10.2 Å². The van der Waals surface area contributed by atoms with E-state index in [0.717, 1.165) is 22.3 Å². The van der Waals surface area contributed by atoms with Crippen molar-refractivity contribution >= 4 is 45.5 Å². The second-order valence-electron chi connectivity index (χ2n) is 7.41. The molecule has 4 aromatic carbocycles. The molecule has 4 aromatic rings. The summed E-state index contributed by atoms with van der Waals surface area (Å²) >= 11 is 0. The Morgan fingerprint density at radius 2 is 1.09 bits per heavy atom. The number of hydrogen-bond acceptors (Lipinski definition) is 8. The largest absolute Gasteiger partial charge is 0.399 e. The van der Waals surface area contributed by atoms with Gasteiger partial charge in [0.2, 0.25) is 0 Å². The minimum Gasteiger partial charge on any atom is -0.399 e. The van der Waals surface area contributed by atoms with Crippen molar-refractivity contribution < 1.29 is 0 Å². The van der Waals surface area contributed by atoms with Crippen LogP contribution in [0.2, 0.25) is 0 Å². The number of nitrogen functional groups attached to an aromatic ring is 6. The summed E-state index contributed by atoms with van der Waals surface area (Å²) in [5, 5.41) is 8.96. The highest BCUT2D eigenvalue weighted by Crippen LogP contribution is 2.41. The van der Waals surface area contributed by atoms with Crippen LogP contribution in [0.3, 0.4) is 0 Å². The number of benzene rings is 4. The van der Waals surface area contributed by atoms with Crippen molar-refractivity contribution in [2.24, 2.45) is 10.2 Å². The summed E-state index contributed by atoms with van der Waals surface area (Å²) in [7, 11) is 0. The van der Waals surface area contributed by atoms with Crippen LogP contribution < -0.4 is 34.4 Å². The van der Waals surface area contributed by atoms with Crippen LogP contribution in [0.4, 0.5) is 45.5 Å². The van der Waals surface area contributed by atoms with Gasteiger partial charge in [-0.05, 0) is 59.7 Å². The van der Waals surface area contributed by atoms with Gasteiger partial charge in [0.15, 0.2) is 0 Å². The zero-order valence-corrected chi connectivity index (χ0v) is 17.3. The van der Waals surface area contributed by atoms with Gasteiger partial charge in [-0.1, -0.05) is 24.3 Å². The Kier molecular flexibility index (Phi) is 5.26. The molecule has 12 N–H and O–H groups in total. The summed E-state index contributed by atoms with van der Waals surface area (Å²) in [4.78, 5) is 0. The summed E-state index contributed by atoms with van der Waals surface area (Å²) < 4.78 is 0. The fraction of sp³-hybridized carbons (Fsp3) is 0. The third-order valence-electron chi connectivity index (χ3n) is 5.15. The maximum Gasteiger partial charge on any atom is 0.118 e. The van der Waals surface area contributed by atoms with E-state index in [1.807, 2.05) is 48.5 Å². The average molecular weight is 425 g/mol. The van der Waals surface area contributed by atoms with E-state index in [4.69, 9.17) is 34.4 Å². The molecule has 0 heterocycles. The Labute approximate surface area is 185 Å². The van der Waals surface area contributed by atoms with Crippen LogP contribution in [0, 0.1) is 0 Å². The summed E-state index contributed by atoms with van der Waals surface area (Å²) in [5.74, 6) is 0. The molecule has 0 saturated heterocycles. The first-order chi connectivity index (χ1) is 15.3. The second-order valence-corrected chi connectivity index (χ2v) is 7.41. The van der Waals surface area contributed by atoms with Gasteiger partial charge in [0, 0.05) is 22.5 Å². The lowest BCUT2D eigenvalue weighted by Crippen LogP contribution is -1.97. The molecule has 0 spiro atoms. The first-order valence-electron chi connectivity index (χ1n) is 9.84. The lowest BCUT2D eigenvalue weighted by molar-refractivity contribution is 1.23. The Morgan fingerprint density at radius 1 is 0.469 bits per heavy atom. The van der Waals surface area contributed by atoms with Gasteiger partial charge in [-0.2, -0.15) is 0 Å². The van der Waals surface area contributed by atoms with E-state index < -0.39 is 0 Å². The molecule has 0 aromatic heterocycles. The van der Waals surface area contributed by atoms with Gasteiger partial charge in [0.1, 0.15) is 5.69 Å². The SMILES string of the molecule is Nc1ccc(-c2ccc(N)cc2N=Nc2c(-c3ccc(N)c(N)c3)ccc(N)c2N)cc1. The van der Waals surface area contributed by atoms with E-state index >= 15 is 0 Å². The summed E-state index contributed by atoms with van der Waals surface area (Å²) in [6, 6.07) is 21.8. The zero-order chi connectivity index (χ0) is 22.8. The fourth-order valence-corrected chi connectivity index (χ4v) is 3.35. The molecule has 32 heavy (non-hydrogen) atoms. The van der Waals surface area contributed by atoms with Crippen molar-refractivity contribution in [1.29, 1.82) is 0 Å². The smallest absolute Gasteiger partial charge is 0.118 e. The predicted octanol–water partition coefficient (Wildman–Crippen LogP) is 4.93. The van der Waals surface area contributed by atoms with E-state index in [-0.39, 0.29) is 0 Å². The molecular formula is C24H24N8. The van der Waals surface area contributed by atoms with Gasteiger partial charge >= 0.3 is 0 Å². The van der Waals surface area contributed by atoms with Crippen molar-refractivity contribution in [1.82, 2.24) is 0 Å². The zero-order valence-electron chi connectivity index (χ0n) is 17.3. The van der Waals surface area contributed by atoms with E-state index in [0.29, 0.717) is 45.5 Å². The van der Waals surface area contributed by atoms with Crippen molar-refractivity contribution in [2.45, 2.75) is 0 Å². The number of nitrogens with zero attached hydrogens (tertiary/aromatic N) is 2. The number of nitrogens with two attached hydrogens (primary N) is 6. The van der Waals surface area contributed by atoms with Crippen LogP contribution in [0.15, 0.2) is 83.0 Å². The first-order valence-corrected chi connectivity index (χ1v) is 9.84. The van der Waals surface area contributed by atoms with Crippen LogP contribution in [-0.4, -0.2) is 0 Å². The van der Waals surface area contributed by atoms with Crippen molar-refractivity contribution in [2.75, 3.05) is 34.4 Å². The summed E-state index contributed by atoms with van der Waals surface area (Å²) in [5.41, 5.74) is 43.2. The van der Waals surface area contributed by atoms with E-state index in [1.165, 1.54) is 0 Å². The summed E-state index contributed by atoms with van der Waals surface area (Å²) in [6.45, 7) is 0. The minimum absolute atomic E-state index is 0.319. The number of rotatable bonds is 4. The fourth-order valence-electron chi connectivity index (χ4n) is 3.35. The Hall–Kier alpha value is -4.72. The monoisotopic (exact) mass is 424 g/mol. The maximum atomic E-state index is 6.28. The van der Waals surface area contributed by atoms with Gasteiger partial charge in [-0.3, -0.25) is 0 Å². The highest BCUT2D eigenvalue weighted by Gasteiger charge is 2.13. The van der Waals surface area contributed by atoms with Crippen LogP contribution in [0.1, 0.15) is 0 Å². The molecule has 0 unspecified atom stereocenters. The summed E-state index contributed by atoms with van der Waals surface area (Å²) in [6.07, 6.45) is 0. The lowest BCUT2D eigenvalue weighted by atomic mass is 10.0. The number of anilines is 6. The maximum absolute atomic E-state index is 6.28. The third-order valence-corrected chi connectivity index (χ3v) is 5.15. The average Bonchev–Trinajstić information content (AvgIpc) is 2.77. The molecule has 0 atom stereocenters. The third kappa shape index (κ3) is 3.97. The standard InChI is InChI=1S/C24H24N8/c25-15-4-1-13(2-5-15)17-7-6-16(26)12-22(17)31-32-24-18(8-10-20(28)23(24)30)14-3-9-19(27)21(29)11-14/h1-12H,25-30H2. The van der Waals surface area contributed by atoms with Gasteiger partial charge < -0.3 is 34.4 Å². The van der Waals surface area contributed by atoms with E-state index in [9.17, 15) is 0 Å². The molecule has 0 radical (unpaired) electrons. The molecule has 160 valence electrons. The van der Waals surface area contributed by atoms with Crippen molar-refractivity contribution in [3.8, 4) is 22.3 Å². The Balaban J connectivity index is 1.84. The molecule has 8 nitrogen and oxygen atoms in total. The van der Waals surface area contributed by atoms with Gasteiger partial charge in [0.05, 0.1) is 28.4 Å². The molecule has 4 rings (SSSR count). The first kappa shape index (κ1) is 20.5. The Bertz CT molecular complexity index is 1330. The van der Waals surface area contributed by atoms with Crippen LogP contribution in [0.5, 0.6) is 0 Å². The van der Waals surface area contributed by atoms with Crippen LogP contribution in [-0.2, 0) is 0 Å². The molecule has 0 amide bonds. The second kappa shape index (κ2) is 8.19. The lowest BCUT2D eigenvalue weighted by Gasteiger charge is -2.12. The minimum atomic E-state index is 0.319. The van der Waals surface area contributed by atoms with Gasteiger partial charge in [0.25, 0.3) is 0 Å². The topological polar surface area (TPSA) is 181 Å². The molecular weight excluding hydrogens is 400 g/mol. The van der Waals surface area contributed by atoms with Crippen molar-refractivity contribution in [3.63, 3.8) is 0 Å². The molecule has 0 aliphatic rings. The van der Waals surface area contributed by atoms with Crippen LogP contribution in [0.25, 0.3) is 22.3 Å². The molecule has 0 aliphatic heterocycles. The van der Waals surface area contributed by atoms with Crippen molar-refractivity contribution in [3.05, 3.63) is 72.8 Å². The number of hydrogen-bond donors (Lipinski definition) is 6. The molecule has 0 bridgehead atoms. The highest BCUT2D eigenvalue weighted by atomic mass is 15.1. The molecule has 0 fully saturated rings. The number of azo groups is 1. The molecule has 8 heteroatoms. The van der Waals surface area contributed by atoms with E-state index in [1.54, 1.807) is 24.3 Å².